The summed E-state index contributed by atoms with van der Waals surface area (Å²) >= 11 is 11.7. The highest BCUT2D eigenvalue weighted by Gasteiger charge is 2.10. The molecule has 0 saturated heterocycles. The van der Waals surface area contributed by atoms with Crippen molar-refractivity contribution in [1.29, 1.82) is 0 Å². The van der Waals surface area contributed by atoms with E-state index in [1.165, 1.54) is 6.07 Å². The highest BCUT2D eigenvalue weighted by Crippen LogP contribution is 2.26. The Kier molecular flexibility index (Phi) is 4.45. The molecule has 2 rings (SSSR count). The molecule has 0 bridgehead atoms. The van der Waals surface area contributed by atoms with Crippen molar-refractivity contribution in [2.24, 2.45) is 0 Å². The average Bonchev–Trinajstić information content (AvgIpc) is 2.39. The second-order valence-corrected chi connectivity index (χ2v) is 4.42. The van der Waals surface area contributed by atoms with Gasteiger partial charge in [0.25, 0.3) is 0 Å². The topological polar surface area (TPSA) is 9.23 Å². The second-order valence-electron chi connectivity index (χ2n) is 3.74. The van der Waals surface area contributed by atoms with Crippen LogP contribution in [0.3, 0.4) is 0 Å². The molecule has 1 nitrogen and oxygen atoms in total. The van der Waals surface area contributed by atoms with Crippen molar-refractivity contribution in [3.8, 4) is 5.75 Å². The van der Waals surface area contributed by atoms with E-state index in [-0.39, 0.29) is 18.2 Å². The number of benzene rings is 2. The minimum Gasteiger partial charge on any atom is -0.485 e. The summed E-state index contributed by atoms with van der Waals surface area (Å²) in [5.41, 5.74) is 1.44. The van der Waals surface area contributed by atoms with E-state index in [1.54, 1.807) is 18.2 Å². The summed E-state index contributed by atoms with van der Waals surface area (Å²) in [6.07, 6.45) is 0. The third kappa shape index (κ3) is 2.95. The largest absolute Gasteiger partial charge is 0.485 e. The molecule has 0 aliphatic carbocycles. The van der Waals surface area contributed by atoms with Crippen LogP contribution in [0.5, 0.6) is 5.75 Å². The van der Waals surface area contributed by atoms with Gasteiger partial charge >= 0.3 is 0 Å². The van der Waals surface area contributed by atoms with Gasteiger partial charge in [-0.15, -0.1) is 11.6 Å². The van der Waals surface area contributed by atoms with Crippen LogP contribution in [0.2, 0.25) is 5.02 Å². The van der Waals surface area contributed by atoms with Gasteiger partial charge < -0.3 is 4.74 Å². The van der Waals surface area contributed by atoms with Gasteiger partial charge in [-0.05, 0) is 12.1 Å². The zero-order valence-electron chi connectivity index (χ0n) is 9.50. The number of ether oxygens (including phenoxy) is 1. The fourth-order valence-electron chi connectivity index (χ4n) is 1.59. The molecule has 0 aromatic heterocycles. The first kappa shape index (κ1) is 13.2. The van der Waals surface area contributed by atoms with E-state index in [1.807, 2.05) is 18.2 Å². The van der Waals surface area contributed by atoms with E-state index in [9.17, 15) is 4.39 Å². The van der Waals surface area contributed by atoms with Crippen molar-refractivity contribution >= 4 is 23.2 Å². The van der Waals surface area contributed by atoms with Crippen molar-refractivity contribution in [3.63, 3.8) is 0 Å². The fourth-order valence-corrected chi connectivity index (χ4v) is 1.99. The van der Waals surface area contributed by atoms with E-state index in [0.717, 1.165) is 5.56 Å². The van der Waals surface area contributed by atoms with E-state index >= 15 is 0 Å². The van der Waals surface area contributed by atoms with Crippen molar-refractivity contribution in [3.05, 3.63) is 64.4 Å². The lowest BCUT2D eigenvalue weighted by atomic mass is 10.2. The molecule has 0 atom stereocenters. The number of para-hydroxylation sites is 1. The van der Waals surface area contributed by atoms with Crippen LogP contribution in [0, 0.1) is 5.82 Å². The number of alkyl halides is 1. The van der Waals surface area contributed by atoms with Gasteiger partial charge in [-0.3, -0.25) is 0 Å². The maximum Gasteiger partial charge on any atom is 0.165 e. The third-order valence-electron chi connectivity index (χ3n) is 2.52. The van der Waals surface area contributed by atoms with Gasteiger partial charge in [-0.2, -0.15) is 0 Å². The minimum absolute atomic E-state index is 0.187. The van der Waals surface area contributed by atoms with Gasteiger partial charge in [0.1, 0.15) is 6.61 Å². The Morgan fingerprint density at radius 2 is 1.72 bits per heavy atom. The molecule has 4 heteroatoms. The molecule has 94 valence electrons. The van der Waals surface area contributed by atoms with Crippen molar-refractivity contribution < 1.29 is 9.13 Å². The summed E-state index contributed by atoms with van der Waals surface area (Å²) in [5.74, 6) is -0.0251. The van der Waals surface area contributed by atoms with Crippen LogP contribution in [-0.4, -0.2) is 0 Å². The molecule has 0 unspecified atom stereocenters. The maximum absolute atomic E-state index is 13.6. The van der Waals surface area contributed by atoms with Gasteiger partial charge in [-0.25, -0.2) is 4.39 Å². The predicted octanol–water partition coefficient (Wildman–Crippen LogP) is 4.80. The van der Waals surface area contributed by atoms with Crippen molar-refractivity contribution in [2.75, 3.05) is 0 Å². The standard InChI is InChI=1S/C14H11Cl2FO/c15-8-10-5-3-7-13(17)14(10)18-9-11-4-1-2-6-12(11)16/h1-7H,8-9H2. The number of hydrogen-bond acceptors (Lipinski definition) is 1. The van der Waals surface area contributed by atoms with Crippen LogP contribution < -0.4 is 4.74 Å². The Morgan fingerprint density at radius 3 is 2.44 bits per heavy atom. The molecule has 0 aliphatic rings. The van der Waals surface area contributed by atoms with Gasteiger partial charge in [0, 0.05) is 16.1 Å². The lowest BCUT2D eigenvalue weighted by molar-refractivity contribution is 0.288. The predicted molar refractivity (Wildman–Crippen MR) is 71.7 cm³/mol. The van der Waals surface area contributed by atoms with Gasteiger partial charge in [0.15, 0.2) is 11.6 Å². The Labute approximate surface area is 115 Å². The zero-order chi connectivity index (χ0) is 13.0. The molecule has 2 aromatic rings. The van der Waals surface area contributed by atoms with Crippen molar-refractivity contribution in [2.45, 2.75) is 12.5 Å². The van der Waals surface area contributed by atoms with E-state index in [4.69, 9.17) is 27.9 Å². The first-order valence-corrected chi connectivity index (χ1v) is 6.33. The molecule has 0 radical (unpaired) electrons. The quantitative estimate of drug-likeness (QED) is 0.733. The van der Waals surface area contributed by atoms with Gasteiger partial charge in [0.2, 0.25) is 0 Å². The lowest BCUT2D eigenvalue weighted by Gasteiger charge is -2.11. The molecule has 0 fully saturated rings. The second kappa shape index (κ2) is 6.07. The lowest BCUT2D eigenvalue weighted by Crippen LogP contribution is -2.00. The maximum atomic E-state index is 13.6. The van der Waals surface area contributed by atoms with E-state index in [2.05, 4.69) is 0 Å². The first-order chi connectivity index (χ1) is 8.72. The Balaban J connectivity index is 2.18. The molecule has 0 saturated carbocycles. The normalized spacial score (nSPS) is 10.4. The molecular formula is C14H11Cl2FO. The van der Waals surface area contributed by atoms with Crippen LogP contribution in [0.15, 0.2) is 42.5 Å². The summed E-state index contributed by atoms with van der Waals surface area (Å²) in [7, 11) is 0. The first-order valence-electron chi connectivity index (χ1n) is 5.42. The average molecular weight is 285 g/mol. The minimum atomic E-state index is -0.416. The van der Waals surface area contributed by atoms with Crippen LogP contribution in [0.25, 0.3) is 0 Å². The van der Waals surface area contributed by atoms with Gasteiger partial charge in [0.05, 0.1) is 5.88 Å². The highest BCUT2D eigenvalue weighted by molar-refractivity contribution is 6.31. The Morgan fingerprint density at radius 1 is 1.00 bits per heavy atom. The number of hydrogen-bond donors (Lipinski definition) is 0. The van der Waals surface area contributed by atoms with Gasteiger partial charge in [-0.1, -0.05) is 41.9 Å². The Bertz CT molecular complexity index is 543. The fraction of sp³-hybridized carbons (Fsp3) is 0.143. The van der Waals surface area contributed by atoms with E-state index in [0.29, 0.717) is 10.6 Å². The smallest absolute Gasteiger partial charge is 0.165 e. The summed E-state index contributed by atoms with van der Waals surface area (Å²) in [4.78, 5) is 0. The van der Waals surface area contributed by atoms with Crippen LogP contribution >= 0.6 is 23.2 Å². The Hall–Kier alpha value is -1.25. The molecular weight excluding hydrogens is 274 g/mol. The number of rotatable bonds is 4. The van der Waals surface area contributed by atoms with E-state index < -0.39 is 5.82 Å². The summed E-state index contributed by atoms with van der Waals surface area (Å²) in [6.45, 7) is 0.213. The SMILES string of the molecule is Fc1cccc(CCl)c1OCc1ccccc1Cl. The zero-order valence-corrected chi connectivity index (χ0v) is 11.0. The highest BCUT2D eigenvalue weighted by atomic mass is 35.5. The summed E-state index contributed by atoms with van der Waals surface area (Å²) in [6, 6.07) is 12.0. The third-order valence-corrected chi connectivity index (χ3v) is 3.18. The molecule has 2 aromatic carbocycles. The molecule has 0 aliphatic heterocycles. The molecule has 0 N–H and O–H groups in total. The summed E-state index contributed by atoms with van der Waals surface area (Å²) in [5, 5.41) is 0.598. The van der Waals surface area contributed by atoms with Crippen molar-refractivity contribution in [1.82, 2.24) is 0 Å². The molecule has 0 spiro atoms. The monoisotopic (exact) mass is 284 g/mol. The number of halogens is 3. The molecule has 0 amide bonds. The molecule has 18 heavy (non-hydrogen) atoms. The van der Waals surface area contributed by atoms with Crippen LogP contribution in [0.1, 0.15) is 11.1 Å². The van der Waals surface area contributed by atoms with Crippen LogP contribution in [0.4, 0.5) is 4.39 Å². The molecule has 0 heterocycles. The van der Waals surface area contributed by atoms with Crippen LogP contribution in [-0.2, 0) is 12.5 Å². The summed E-state index contributed by atoms with van der Waals surface area (Å²) < 4.78 is 19.1.